The molecule has 2 N–H and O–H groups in total. The average Bonchev–Trinajstić information content (AvgIpc) is 2.52. The van der Waals surface area contributed by atoms with Crippen LogP contribution in [0.3, 0.4) is 0 Å². The first-order chi connectivity index (χ1) is 9.86. The van der Waals surface area contributed by atoms with Crippen LogP contribution in [0.15, 0.2) is 60.7 Å². The van der Waals surface area contributed by atoms with E-state index in [1.54, 1.807) is 0 Å². The van der Waals surface area contributed by atoms with Crippen molar-refractivity contribution in [3.8, 4) is 0 Å². The average molecular weight is 266 g/mol. The Hall–Kier alpha value is -2.13. The highest BCUT2D eigenvalue weighted by Crippen LogP contribution is 2.28. The molecule has 20 heavy (non-hydrogen) atoms. The summed E-state index contributed by atoms with van der Waals surface area (Å²) in [6, 6.07) is 20.2. The second-order valence-electron chi connectivity index (χ2n) is 5.02. The molecule has 0 spiro atoms. The molecule has 1 aliphatic heterocycles. The number of piperazine rings is 1. The van der Waals surface area contributed by atoms with E-state index in [2.05, 4.69) is 34.9 Å². The van der Waals surface area contributed by atoms with Gasteiger partial charge in [-0.1, -0.05) is 60.7 Å². The van der Waals surface area contributed by atoms with E-state index in [0.717, 1.165) is 17.7 Å². The number of carbonyl (C=O) groups is 1. The Balaban J connectivity index is 2.02. The van der Waals surface area contributed by atoms with Crippen molar-refractivity contribution in [2.75, 3.05) is 13.1 Å². The molecule has 3 heteroatoms. The van der Waals surface area contributed by atoms with Crippen molar-refractivity contribution < 1.29 is 4.79 Å². The number of nitrogens with one attached hydrogen (secondary N) is 2. The molecule has 102 valence electrons. The van der Waals surface area contributed by atoms with Crippen LogP contribution in [0.25, 0.3) is 0 Å². The van der Waals surface area contributed by atoms with Gasteiger partial charge >= 0.3 is 0 Å². The summed E-state index contributed by atoms with van der Waals surface area (Å²) in [7, 11) is 0. The summed E-state index contributed by atoms with van der Waals surface area (Å²) in [5, 5.41) is 6.30. The standard InChI is InChI=1S/C17H18N2O/c20-17-16(18-11-12-19-17)15(13-7-3-1-4-8-13)14-9-5-2-6-10-14/h1-10,15-16,18H,11-12H2,(H,19,20). The van der Waals surface area contributed by atoms with Crippen molar-refractivity contribution in [3.63, 3.8) is 0 Å². The molecule has 1 fully saturated rings. The lowest BCUT2D eigenvalue weighted by Gasteiger charge is -2.31. The predicted octanol–water partition coefficient (Wildman–Crippen LogP) is 1.91. The van der Waals surface area contributed by atoms with Crippen molar-refractivity contribution >= 4 is 5.91 Å². The van der Waals surface area contributed by atoms with E-state index >= 15 is 0 Å². The predicted molar refractivity (Wildman–Crippen MR) is 79.5 cm³/mol. The van der Waals surface area contributed by atoms with Gasteiger partial charge in [-0.15, -0.1) is 0 Å². The second-order valence-corrected chi connectivity index (χ2v) is 5.02. The topological polar surface area (TPSA) is 41.1 Å². The largest absolute Gasteiger partial charge is 0.353 e. The monoisotopic (exact) mass is 266 g/mol. The fourth-order valence-corrected chi connectivity index (χ4v) is 2.78. The van der Waals surface area contributed by atoms with Gasteiger partial charge in [0, 0.05) is 19.0 Å². The SMILES string of the molecule is O=C1NCCNC1C(c1ccccc1)c1ccccc1. The van der Waals surface area contributed by atoms with Gasteiger partial charge in [0.1, 0.15) is 0 Å². The Morgan fingerprint density at radius 3 is 1.90 bits per heavy atom. The first-order valence-electron chi connectivity index (χ1n) is 6.97. The Morgan fingerprint density at radius 2 is 1.40 bits per heavy atom. The quantitative estimate of drug-likeness (QED) is 0.891. The highest BCUT2D eigenvalue weighted by molar-refractivity contribution is 5.84. The first-order valence-corrected chi connectivity index (χ1v) is 6.97. The molecule has 0 bridgehead atoms. The molecular formula is C17H18N2O. The highest BCUT2D eigenvalue weighted by Gasteiger charge is 2.32. The van der Waals surface area contributed by atoms with Crippen molar-refractivity contribution in [3.05, 3.63) is 71.8 Å². The number of amides is 1. The fourth-order valence-electron chi connectivity index (χ4n) is 2.78. The molecule has 1 atom stereocenters. The number of hydrogen-bond donors (Lipinski definition) is 2. The Morgan fingerprint density at radius 1 is 0.850 bits per heavy atom. The molecule has 1 amide bonds. The summed E-state index contributed by atoms with van der Waals surface area (Å²) in [5.74, 6) is 0.117. The number of carbonyl (C=O) groups excluding carboxylic acids is 1. The van der Waals surface area contributed by atoms with Gasteiger partial charge in [0.15, 0.2) is 0 Å². The molecule has 1 unspecified atom stereocenters. The third kappa shape index (κ3) is 2.58. The molecule has 1 aliphatic rings. The van der Waals surface area contributed by atoms with Crippen LogP contribution in [0.2, 0.25) is 0 Å². The minimum Gasteiger partial charge on any atom is -0.353 e. The van der Waals surface area contributed by atoms with Gasteiger partial charge in [0.2, 0.25) is 5.91 Å². The Bertz CT molecular complexity index is 529. The Labute approximate surface area is 119 Å². The maximum atomic E-state index is 12.2. The van der Waals surface area contributed by atoms with Gasteiger partial charge in [-0.2, -0.15) is 0 Å². The minimum atomic E-state index is -0.214. The zero-order valence-electron chi connectivity index (χ0n) is 11.3. The van der Waals surface area contributed by atoms with Crippen LogP contribution in [-0.4, -0.2) is 25.0 Å². The molecule has 3 nitrogen and oxygen atoms in total. The molecule has 0 aliphatic carbocycles. The van der Waals surface area contributed by atoms with Gasteiger partial charge in [0.05, 0.1) is 6.04 Å². The van der Waals surface area contributed by atoms with Gasteiger partial charge in [-0.25, -0.2) is 0 Å². The van der Waals surface area contributed by atoms with Crippen LogP contribution in [-0.2, 0) is 4.79 Å². The smallest absolute Gasteiger partial charge is 0.238 e. The second kappa shape index (κ2) is 5.88. The van der Waals surface area contributed by atoms with E-state index in [-0.39, 0.29) is 17.9 Å². The molecule has 3 rings (SSSR count). The summed E-state index contributed by atoms with van der Waals surface area (Å²) < 4.78 is 0. The lowest BCUT2D eigenvalue weighted by atomic mass is 9.84. The molecule has 0 radical (unpaired) electrons. The molecular weight excluding hydrogens is 248 g/mol. The summed E-state index contributed by atoms with van der Waals surface area (Å²) in [4.78, 5) is 12.2. The molecule has 1 saturated heterocycles. The van der Waals surface area contributed by atoms with Crippen LogP contribution in [0.4, 0.5) is 0 Å². The summed E-state index contributed by atoms with van der Waals surface area (Å²) in [6.07, 6.45) is 0. The Kier molecular flexibility index (Phi) is 3.79. The van der Waals surface area contributed by atoms with Gasteiger partial charge in [-0.05, 0) is 11.1 Å². The fraction of sp³-hybridized carbons (Fsp3) is 0.235. The zero-order chi connectivity index (χ0) is 13.8. The van der Waals surface area contributed by atoms with Crippen molar-refractivity contribution in [1.82, 2.24) is 10.6 Å². The van der Waals surface area contributed by atoms with E-state index < -0.39 is 0 Å². The van der Waals surface area contributed by atoms with Crippen LogP contribution < -0.4 is 10.6 Å². The normalized spacial score (nSPS) is 18.9. The maximum Gasteiger partial charge on any atom is 0.238 e. The molecule has 1 heterocycles. The third-order valence-electron chi connectivity index (χ3n) is 3.72. The summed E-state index contributed by atoms with van der Waals surface area (Å²) in [5.41, 5.74) is 2.32. The highest BCUT2D eigenvalue weighted by atomic mass is 16.2. The third-order valence-corrected chi connectivity index (χ3v) is 3.72. The van der Waals surface area contributed by atoms with Crippen LogP contribution in [0, 0.1) is 0 Å². The van der Waals surface area contributed by atoms with E-state index in [1.807, 2.05) is 36.4 Å². The zero-order valence-corrected chi connectivity index (χ0v) is 11.3. The maximum absolute atomic E-state index is 12.2. The number of hydrogen-bond acceptors (Lipinski definition) is 2. The van der Waals surface area contributed by atoms with Crippen LogP contribution in [0.5, 0.6) is 0 Å². The molecule has 2 aromatic rings. The van der Waals surface area contributed by atoms with Crippen molar-refractivity contribution in [1.29, 1.82) is 0 Å². The summed E-state index contributed by atoms with van der Waals surface area (Å²) in [6.45, 7) is 1.51. The van der Waals surface area contributed by atoms with Crippen LogP contribution >= 0.6 is 0 Å². The summed E-state index contributed by atoms with van der Waals surface area (Å²) >= 11 is 0. The van der Waals surface area contributed by atoms with E-state index in [4.69, 9.17) is 0 Å². The van der Waals surface area contributed by atoms with E-state index in [1.165, 1.54) is 0 Å². The number of benzene rings is 2. The molecule has 0 aromatic heterocycles. The van der Waals surface area contributed by atoms with Crippen LogP contribution in [0.1, 0.15) is 17.0 Å². The van der Waals surface area contributed by atoms with E-state index in [9.17, 15) is 4.79 Å². The van der Waals surface area contributed by atoms with E-state index in [0.29, 0.717) is 6.54 Å². The lowest BCUT2D eigenvalue weighted by molar-refractivity contribution is -0.124. The van der Waals surface area contributed by atoms with Crippen molar-refractivity contribution in [2.45, 2.75) is 12.0 Å². The van der Waals surface area contributed by atoms with Gasteiger partial charge in [0.25, 0.3) is 0 Å². The van der Waals surface area contributed by atoms with Gasteiger partial charge < -0.3 is 10.6 Å². The molecule has 2 aromatic carbocycles. The lowest BCUT2D eigenvalue weighted by Crippen LogP contribution is -2.55. The minimum absolute atomic E-state index is 0.0395. The van der Waals surface area contributed by atoms with Gasteiger partial charge in [-0.3, -0.25) is 4.79 Å². The number of rotatable bonds is 3. The van der Waals surface area contributed by atoms with Crippen molar-refractivity contribution in [2.24, 2.45) is 0 Å². The molecule has 0 saturated carbocycles. The first kappa shape index (κ1) is 12.9.